The van der Waals surface area contributed by atoms with Gasteiger partial charge >= 0.3 is 5.97 Å². The number of aromatic nitrogens is 1. The normalized spacial score (nSPS) is 22.2. The summed E-state index contributed by atoms with van der Waals surface area (Å²) in [7, 11) is 1.31. The lowest BCUT2D eigenvalue weighted by molar-refractivity contribution is -0.145. The van der Waals surface area contributed by atoms with E-state index in [1.165, 1.54) is 7.11 Å². The summed E-state index contributed by atoms with van der Waals surface area (Å²) in [5, 5.41) is 2.77. The average molecular weight is 320 g/mol. The van der Waals surface area contributed by atoms with Crippen LogP contribution in [0.1, 0.15) is 44.2 Å². The Bertz CT molecular complexity index is 521. The Labute approximate surface area is 136 Å². The molecule has 0 aliphatic carbocycles. The van der Waals surface area contributed by atoms with Gasteiger partial charge in [-0.15, -0.1) is 0 Å². The molecule has 0 spiro atoms. The zero-order valence-electron chi connectivity index (χ0n) is 13.7. The second kappa shape index (κ2) is 8.62. The molecule has 0 saturated carbocycles. The monoisotopic (exact) mass is 320 g/mol. The van der Waals surface area contributed by atoms with Gasteiger partial charge in [0.15, 0.2) is 6.04 Å². The molecule has 2 heterocycles. The van der Waals surface area contributed by atoms with Crippen molar-refractivity contribution in [3.05, 3.63) is 30.1 Å². The molecule has 6 heteroatoms. The molecule has 6 nitrogen and oxygen atoms in total. The van der Waals surface area contributed by atoms with Crippen molar-refractivity contribution in [3.63, 3.8) is 0 Å². The van der Waals surface area contributed by atoms with E-state index in [1.54, 1.807) is 24.5 Å². The maximum absolute atomic E-state index is 12.3. The maximum atomic E-state index is 12.3. The molecule has 3 unspecified atom stereocenters. The highest BCUT2D eigenvalue weighted by Crippen LogP contribution is 2.25. The Kier molecular flexibility index (Phi) is 6.52. The van der Waals surface area contributed by atoms with E-state index < -0.39 is 12.0 Å². The lowest BCUT2D eigenvalue weighted by Crippen LogP contribution is -2.36. The van der Waals surface area contributed by atoms with Crippen molar-refractivity contribution in [3.8, 4) is 0 Å². The molecule has 126 valence electrons. The number of amides is 1. The average Bonchev–Trinajstić information content (AvgIpc) is 2.60. The van der Waals surface area contributed by atoms with Crippen LogP contribution in [-0.2, 0) is 19.1 Å². The van der Waals surface area contributed by atoms with Crippen LogP contribution >= 0.6 is 0 Å². The number of carbonyl (C=O) groups excluding carboxylic acids is 2. The van der Waals surface area contributed by atoms with Gasteiger partial charge in [0.2, 0.25) is 5.91 Å². The first-order valence-electron chi connectivity index (χ1n) is 8.02. The predicted octanol–water partition coefficient (Wildman–Crippen LogP) is 2.01. The second-order valence-corrected chi connectivity index (χ2v) is 5.81. The summed E-state index contributed by atoms with van der Waals surface area (Å²) < 4.78 is 10.4. The third-order valence-corrected chi connectivity index (χ3v) is 4.17. The third-order valence-electron chi connectivity index (χ3n) is 4.17. The minimum Gasteiger partial charge on any atom is -0.467 e. The number of carbonyl (C=O) groups is 2. The fourth-order valence-corrected chi connectivity index (χ4v) is 2.85. The third kappa shape index (κ3) is 5.03. The number of rotatable bonds is 6. The maximum Gasteiger partial charge on any atom is 0.333 e. The van der Waals surface area contributed by atoms with E-state index in [-0.39, 0.29) is 12.0 Å². The largest absolute Gasteiger partial charge is 0.467 e. The molecular weight excluding hydrogens is 296 g/mol. The molecule has 1 aromatic heterocycles. The SMILES string of the molecule is CCC1CC(CC(=O)NC(C(=O)OC)c2cccnc2)CCO1. The quantitative estimate of drug-likeness (QED) is 0.811. The second-order valence-electron chi connectivity index (χ2n) is 5.81. The number of esters is 1. The molecule has 0 bridgehead atoms. The first-order chi connectivity index (χ1) is 11.1. The van der Waals surface area contributed by atoms with Crippen LogP contribution in [0.25, 0.3) is 0 Å². The van der Waals surface area contributed by atoms with Gasteiger partial charge in [-0.3, -0.25) is 9.78 Å². The van der Waals surface area contributed by atoms with E-state index in [0.717, 1.165) is 19.3 Å². The first kappa shape index (κ1) is 17.4. The van der Waals surface area contributed by atoms with Gasteiger partial charge in [0.1, 0.15) is 0 Å². The molecule has 1 N–H and O–H groups in total. The van der Waals surface area contributed by atoms with Gasteiger partial charge in [0.05, 0.1) is 13.2 Å². The van der Waals surface area contributed by atoms with E-state index in [2.05, 4.69) is 17.2 Å². The molecule has 1 amide bonds. The Morgan fingerprint density at radius 3 is 3.00 bits per heavy atom. The molecular formula is C17H24N2O4. The van der Waals surface area contributed by atoms with Crippen LogP contribution < -0.4 is 5.32 Å². The summed E-state index contributed by atoms with van der Waals surface area (Å²) in [6.07, 6.45) is 6.53. The van der Waals surface area contributed by atoms with E-state index in [9.17, 15) is 9.59 Å². The smallest absolute Gasteiger partial charge is 0.333 e. The van der Waals surface area contributed by atoms with Crippen LogP contribution in [0, 0.1) is 5.92 Å². The highest BCUT2D eigenvalue weighted by atomic mass is 16.5. The Hall–Kier alpha value is -1.95. The highest BCUT2D eigenvalue weighted by molar-refractivity contribution is 5.85. The van der Waals surface area contributed by atoms with Crippen LogP contribution in [0.3, 0.4) is 0 Å². The van der Waals surface area contributed by atoms with Crippen LogP contribution in [0.4, 0.5) is 0 Å². The summed E-state index contributed by atoms with van der Waals surface area (Å²) in [6, 6.07) is 2.65. The van der Waals surface area contributed by atoms with E-state index in [0.29, 0.717) is 24.5 Å². The molecule has 3 atom stereocenters. The molecule has 1 aliphatic rings. The molecule has 0 radical (unpaired) electrons. The number of ether oxygens (including phenoxy) is 2. The highest BCUT2D eigenvalue weighted by Gasteiger charge is 2.27. The summed E-state index contributed by atoms with van der Waals surface area (Å²) in [6.45, 7) is 2.78. The number of nitrogens with zero attached hydrogens (tertiary/aromatic N) is 1. The number of nitrogens with one attached hydrogen (secondary N) is 1. The van der Waals surface area contributed by atoms with Gasteiger partial charge < -0.3 is 14.8 Å². The van der Waals surface area contributed by atoms with Crippen LogP contribution in [-0.4, -0.2) is 36.7 Å². The van der Waals surface area contributed by atoms with E-state index >= 15 is 0 Å². The molecule has 2 rings (SSSR count). The van der Waals surface area contributed by atoms with Gasteiger partial charge in [0, 0.05) is 31.0 Å². The zero-order valence-corrected chi connectivity index (χ0v) is 13.7. The number of hydrogen-bond donors (Lipinski definition) is 1. The fourth-order valence-electron chi connectivity index (χ4n) is 2.85. The standard InChI is InChI=1S/C17H24N2O4/c1-3-14-9-12(6-8-23-14)10-15(20)19-16(17(21)22-2)13-5-4-7-18-11-13/h4-5,7,11-12,14,16H,3,6,8-10H2,1-2H3,(H,19,20). The van der Waals surface area contributed by atoms with Crippen molar-refractivity contribution in [2.75, 3.05) is 13.7 Å². The molecule has 1 fully saturated rings. The fraction of sp³-hybridized carbons (Fsp3) is 0.588. The van der Waals surface area contributed by atoms with Gasteiger partial charge in [-0.05, 0) is 31.2 Å². The lowest BCUT2D eigenvalue weighted by atomic mass is 9.91. The number of pyridine rings is 1. The first-order valence-corrected chi connectivity index (χ1v) is 8.02. The van der Waals surface area contributed by atoms with Crippen molar-refractivity contribution < 1.29 is 19.1 Å². The summed E-state index contributed by atoms with van der Waals surface area (Å²) in [4.78, 5) is 28.3. The van der Waals surface area contributed by atoms with Crippen LogP contribution in [0.5, 0.6) is 0 Å². The Morgan fingerprint density at radius 1 is 1.52 bits per heavy atom. The minimum absolute atomic E-state index is 0.147. The summed E-state index contributed by atoms with van der Waals surface area (Å²) in [5.41, 5.74) is 0.617. The molecule has 1 saturated heterocycles. The van der Waals surface area contributed by atoms with Gasteiger partial charge in [-0.2, -0.15) is 0 Å². The molecule has 1 aromatic rings. The van der Waals surface area contributed by atoms with Crippen molar-refractivity contribution in [2.24, 2.45) is 5.92 Å². The summed E-state index contributed by atoms with van der Waals surface area (Å²) in [5.74, 6) is -0.350. The van der Waals surface area contributed by atoms with Gasteiger partial charge in [-0.25, -0.2) is 4.79 Å². The predicted molar refractivity (Wildman–Crippen MR) is 84.5 cm³/mol. The minimum atomic E-state index is -0.817. The molecule has 1 aliphatic heterocycles. The van der Waals surface area contributed by atoms with Crippen molar-refractivity contribution in [1.82, 2.24) is 10.3 Å². The van der Waals surface area contributed by atoms with Crippen LogP contribution in [0.15, 0.2) is 24.5 Å². The Morgan fingerprint density at radius 2 is 2.35 bits per heavy atom. The zero-order chi connectivity index (χ0) is 16.7. The Balaban J connectivity index is 1.96. The molecule has 23 heavy (non-hydrogen) atoms. The van der Waals surface area contributed by atoms with Crippen LogP contribution in [0.2, 0.25) is 0 Å². The van der Waals surface area contributed by atoms with Crippen molar-refractivity contribution in [1.29, 1.82) is 0 Å². The van der Waals surface area contributed by atoms with Crippen molar-refractivity contribution in [2.45, 2.75) is 44.8 Å². The van der Waals surface area contributed by atoms with E-state index in [4.69, 9.17) is 9.47 Å². The number of methoxy groups -OCH3 is 1. The number of hydrogen-bond acceptors (Lipinski definition) is 5. The lowest BCUT2D eigenvalue weighted by Gasteiger charge is -2.29. The van der Waals surface area contributed by atoms with Gasteiger partial charge in [-0.1, -0.05) is 13.0 Å². The summed E-state index contributed by atoms with van der Waals surface area (Å²) >= 11 is 0. The van der Waals surface area contributed by atoms with E-state index in [1.807, 2.05) is 0 Å². The van der Waals surface area contributed by atoms with Crippen molar-refractivity contribution >= 4 is 11.9 Å². The molecule has 0 aromatic carbocycles. The van der Waals surface area contributed by atoms with Gasteiger partial charge in [0.25, 0.3) is 0 Å². The topological polar surface area (TPSA) is 77.5 Å².